The summed E-state index contributed by atoms with van der Waals surface area (Å²) in [5.41, 5.74) is 1.31. The summed E-state index contributed by atoms with van der Waals surface area (Å²) in [5, 5.41) is 3.69. The zero-order chi connectivity index (χ0) is 19.8. The van der Waals surface area contributed by atoms with Crippen molar-refractivity contribution in [3.63, 3.8) is 0 Å². The minimum atomic E-state index is -0.560. The Kier molecular flexibility index (Phi) is 6.21. The van der Waals surface area contributed by atoms with Crippen LogP contribution in [0.4, 0.5) is 0 Å². The van der Waals surface area contributed by atoms with Gasteiger partial charge in [-0.3, -0.25) is 9.78 Å². The number of nitrogens with zero attached hydrogens (tertiary/aromatic N) is 1. The van der Waals surface area contributed by atoms with Gasteiger partial charge in [-0.25, -0.2) is 4.79 Å². The minimum Gasteiger partial charge on any atom is -0.481 e. The second-order valence-electron chi connectivity index (χ2n) is 5.72. The molecule has 3 aromatic rings. The number of aromatic nitrogens is 1. The van der Waals surface area contributed by atoms with Crippen LogP contribution in [0.15, 0.2) is 60.8 Å². The summed E-state index contributed by atoms with van der Waals surface area (Å²) < 4.78 is 10.3. The molecule has 0 fully saturated rings. The molecule has 0 aliphatic heterocycles. The summed E-state index contributed by atoms with van der Waals surface area (Å²) in [6.07, 6.45) is 1.73. The van der Waals surface area contributed by atoms with Crippen molar-refractivity contribution < 1.29 is 19.1 Å². The molecule has 0 spiro atoms. The standard InChI is InChI=1S/C22H18N2O4/c1-27-22(26)19-9-3-2-8-18(19)21(25)24-12-4-5-14-28-17-11-10-16-7-6-13-23-20(16)15-17/h2-3,6-11,13,15H,12,14H2,1H3,(H,24,25). The molecule has 6 nitrogen and oxygen atoms in total. The molecule has 0 bridgehead atoms. The molecule has 1 amide bonds. The molecule has 0 saturated heterocycles. The number of hydrogen-bond acceptors (Lipinski definition) is 5. The van der Waals surface area contributed by atoms with Crippen LogP contribution in [0, 0.1) is 11.8 Å². The summed E-state index contributed by atoms with van der Waals surface area (Å²) >= 11 is 0. The fourth-order valence-corrected chi connectivity index (χ4v) is 2.56. The van der Waals surface area contributed by atoms with Crippen molar-refractivity contribution in [2.45, 2.75) is 0 Å². The van der Waals surface area contributed by atoms with E-state index in [1.165, 1.54) is 7.11 Å². The Balaban J connectivity index is 1.51. The molecule has 3 rings (SSSR count). The first-order valence-corrected chi connectivity index (χ1v) is 8.58. The number of amides is 1. The van der Waals surface area contributed by atoms with Gasteiger partial charge in [-0.15, -0.1) is 0 Å². The predicted octanol–water partition coefficient (Wildman–Crippen LogP) is 2.83. The van der Waals surface area contributed by atoms with Crippen molar-refractivity contribution in [1.82, 2.24) is 10.3 Å². The van der Waals surface area contributed by atoms with Crippen molar-refractivity contribution in [3.8, 4) is 17.6 Å². The smallest absolute Gasteiger partial charge is 0.338 e. The molecule has 2 aromatic carbocycles. The third-order valence-electron chi connectivity index (χ3n) is 3.93. The van der Waals surface area contributed by atoms with Crippen molar-refractivity contribution in [2.75, 3.05) is 20.3 Å². The number of ether oxygens (including phenoxy) is 2. The highest BCUT2D eigenvalue weighted by atomic mass is 16.5. The third kappa shape index (κ3) is 4.65. The lowest BCUT2D eigenvalue weighted by Crippen LogP contribution is -2.25. The van der Waals surface area contributed by atoms with Crippen LogP contribution in [0.1, 0.15) is 20.7 Å². The number of fused-ring (bicyclic) bond motifs is 1. The van der Waals surface area contributed by atoms with Crippen molar-refractivity contribution >= 4 is 22.8 Å². The second kappa shape index (κ2) is 9.19. The van der Waals surface area contributed by atoms with Gasteiger partial charge in [0.15, 0.2) is 0 Å². The quantitative estimate of drug-likeness (QED) is 0.549. The van der Waals surface area contributed by atoms with Crippen LogP contribution in [-0.4, -0.2) is 37.1 Å². The van der Waals surface area contributed by atoms with Crippen LogP contribution in [0.25, 0.3) is 10.9 Å². The van der Waals surface area contributed by atoms with Crippen LogP contribution in [0.3, 0.4) is 0 Å². The number of benzene rings is 2. The topological polar surface area (TPSA) is 77.5 Å². The number of rotatable bonds is 5. The molecule has 140 valence electrons. The van der Waals surface area contributed by atoms with Gasteiger partial charge in [0.1, 0.15) is 12.4 Å². The summed E-state index contributed by atoms with van der Waals surface area (Å²) in [6, 6.07) is 16.0. The summed E-state index contributed by atoms with van der Waals surface area (Å²) in [7, 11) is 1.27. The Labute approximate surface area is 162 Å². The van der Waals surface area contributed by atoms with Crippen LogP contribution >= 0.6 is 0 Å². The van der Waals surface area contributed by atoms with Gasteiger partial charge in [0.2, 0.25) is 0 Å². The highest BCUT2D eigenvalue weighted by Gasteiger charge is 2.16. The number of nitrogens with one attached hydrogen (secondary N) is 1. The Morgan fingerprint density at radius 1 is 1.04 bits per heavy atom. The number of pyridine rings is 1. The normalized spacial score (nSPS) is 9.89. The first-order chi connectivity index (χ1) is 13.7. The maximum atomic E-state index is 12.2. The lowest BCUT2D eigenvalue weighted by atomic mass is 10.1. The number of carbonyl (C=O) groups is 2. The zero-order valence-corrected chi connectivity index (χ0v) is 15.3. The Bertz CT molecular complexity index is 1070. The Hall–Kier alpha value is -3.85. The van der Waals surface area contributed by atoms with E-state index in [-0.39, 0.29) is 24.3 Å². The predicted molar refractivity (Wildman–Crippen MR) is 105 cm³/mol. The van der Waals surface area contributed by atoms with Crippen LogP contribution < -0.4 is 10.1 Å². The van der Waals surface area contributed by atoms with E-state index in [4.69, 9.17) is 4.74 Å². The molecule has 0 unspecified atom stereocenters. The molecule has 1 aromatic heterocycles. The molecule has 6 heteroatoms. The molecule has 0 saturated carbocycles. The van der Waals surface area contributed by atoms with E-state index in [9.17, 15) is 9.59 Å². The highest BCUT2D eigenvalue weighted by Crippen LogP contribution is 2.18. The average molecular weight is 374 g/mol. The lowest BCUT2D eigenvalue weighted by molar-refractivity contribution is 0.0596. The molecule has 28 heavy (non-hydrogen) atoms. The average Bonchev–Trinajstić information content (AvgIpc) is 2.75. The van der Waals surface area contributed by atoms with Crippen molar-refractivity contribution in [3.05, 3.63) is 71.9 Å². The molecule has 0 aliphatic rings. The SMILES string of the molecule is COC(=O)c1ccccc1C(=O)NCC#CCOc1ccc2cccnc2c1. The van der Waals surface area contributed by atoms with Gasteiger partial charge < -0.3 is 14.8 Å². The fraction of sp³-hybridized carbons (Fsp3) is 0.136. The fourth-order valence-electron chi connectivity index (χ4n) is 2.56. The monoisotopic (exact) mass is 374 g/mol. The van der Waals surface area contributed by atoms with Crippen LogP contribution in [0.5, 0.6) is 5.75 Å². The minimum absolute atomic E-state index is 0.136. The van der Waals surface area contributed by atoms with E-state index in [1.54, 1.807) is 30.5 Å². The second-order valence-corrected chi connectivity index (χ2v) is 5.72. The van der Waals surface area contributed by atoms with Gasteiger partial charge in [-0.05, 0) is 30.3 Å². The number of carbonyl (C=O) groups excluding carboxylic acids is 2. The highest BCUT2D eigenvalue weighted by molar-refractivity contribution is 6.05. The van der Waals surface area contributed by atoms with Crippen LogP contribution in [0.2, 0.25) is 0 Å². The summed E-state index contributed by atoms with van der Waals surface area (Å²) in [4.78, 5) is 28.2. The molecule has 1 heterocycles. The number of hydrogen-bond donors (Lipinski definition) is 1. The number of methoxy groups -OCH3 is 1. The van der Waals surface area contributed by atoms with Crippen molar-refractivity contribution in [2.24, 2.45) is 0 Å². The van der Waals surface area contributed by atoms with Gasteiger partial charge in [0, 0.05) is 17.6 Å². The Morgan fingerprint density at radius 2 is 1.86 bits per heavy atom. The zero-order valence-electron chi connectivity index (χ0n) is 15.3. The molecule has 1 N–H and O–H groups in total. The van der Waals surface area contributed by atoms with E-state index in [1.807, 2.05) is 30.3 Å². The van der Waals surface area contributed by atoms with Crippen molar-refractivity contribution in [1.29, 1.82) is 0 Å². The van der Waals surface area contributed by atoms with Gasteiger partial charge >= 0.3 is 5.97 Å². The molecule has 0 atom stereocenters. The molecule has 0 radical (unpaired) electrons. The van der Waals surface area contributed by atoms with Gasteiger partial charge in [0.05, 0.1) is 30.3 Å². The molecule has 0 aliphatic carbocycles. The first kappa shape index (κ1) is 18.9. The number of esters is 1. The Morgan fingerprint density at radius 3 is 2.68 bits per heavy atom. The van der Waals surface area contributed by atoms with Crippen LogP contribution in [-0.2, 0) is 4.74 Å². The molecular weight excluding hydrogens is 356 g/mol. The summed E-state index contributed by atoms with van der Waals surface area (Å²) in [5.74, 6) is 5.38. The summed E-state index contributed by atoms with van der Waals surface area (Å²) in [6.45, 7) is 0.323. The van der Waals surface area contributed by atoms with E-state index in [0.29, 0.717) is 5.75 Å². The van der Waals surface area contributed by atoms with Gasteiger partial charge in [-0.1, -0.05) is 30.0 Å². The van der Waals surface area contributed by atoms with E-state index in [2.05, 4.69) is 26.9 Å². The first-order valence-electron chi connectivity index (χ1n) is 8.58. The van der Waals surface area contributed by atoms with Gasteiger partial charge in [0.25, 0.3) is 5.91 Å². The largest absolute Gasteiger partial charge is 0.481 e. The van der Waals surface area contributed by atoms with E-state index < -0.39 is 11.9 Å². The maximum absolute atomic E-state index is 12.2. The van der Waals surface area contributed by atoms with Gasteiger partial charge in [-0.2, -0.15) is 0 Å². The third-order valence-corrected chi connectivity index (χ3v) is 3.93. The lowest BCUT2D eigenvalue weighted by Gasteiger charge is -2.06. The van der Waals surface area contributed by atoms with E-state index >= 15 is 0 Å². The molecular formula is C22H18N2O4. The maximum Gasteiger partial charge on any atom is 0.338 e. The van der Waals surface area contributed by atoms with E-state index in [0.717, 1.165) is 10.9 Å².